The van der Waals surface area contributed by atoms with Gasteiger partial charge in [0.2, 0.25) is 0 Å². The summed E-state index contributed by atoms with van der Waals surface area (Å²) in [6.45, 7) is 9.14. The maximum absolute atomic E-state index is 2.47. The lowest BCUT2D eigenvalue weighted by Crippen LogP contribution is -1.98. The van der Waals surface area contributed by atoms with E-state index in [1.807, 2.05) is 0 Å². The molecule has 0 aliphatic carbocycles. The zero-order valence-corrected chi connectivity index (χ0v) is 15.0. The molecule has 0 spiro atoms. The van der Waals surface area contributed by atoms with Crippen LogP contribution in [0.2, 0.25) is 0 Å². The molecule has 0 bridgehead atoms. The van der Waals surface area contributed by atoms with Gasteiger partial charge < -0.3 is 0 Å². The van der Waals surface area contributed by atoms with E-state index in [0.29, 0.717) is 0 Å². The Morgan fingerprint density at radius 2 is 0.682 bits per heavy atom. The molecule has 0 N–H and O–H groups in total. The molecule has 2 aromatic carbocycles. The van der Waals surface area contributed by atoms with Crippen molar-refractivity contribution in [2.75, 3.05) is 0 Å². The molecule has 0 fully saturated rings. The minimum Gasteiger partial charge on any atom is -0.0651 e. The van der Waals surface area contributed by atoms with Gasteiger partial charge in [-0.15, -0.1) is 0 Å². The Labute approximate surface area is 136 Å². The molecule has 0 heterocycles. The molecule has 0 unspecified atom stereocenters. The molecule has 120 valence electrons. The van der Waals surface area contributed by atoms with Gasteiger partial charge in [0.15, 0.2) is 0 Å². The Morgan fingerprint density at radius 1 is 0.455 bits per heavy atom. The van der Waals surface area contributed by atoms with Crippen molar-refractivity contribution in [3.8, 4) is 0 Å². The molecule has 0 radical (unpaired) electrons. The fourth-order valence-electron chi connectivity index (χ4n) is 3.55. The standard InChI is InChI=1S/C22H32/c1-5-9-17-13-21-15-19(11-7-3)20(12-8-4)16-22(21)14-18(17)10-6-2/h13-16H,5-12H2,1-4H3. The van der Waals surface area contributed by atoms with Crippen LogP contribution >= 0.6 is 0 Å². The van der Waals surface area contributed by atoms with Crippen LogP contribution in [0.1, 0.15) is 75.6 Å². The van der Waals surface area contributed by atoms with E-state index in [1.165, 1.54) is 62.1 Å². The first-order valence-electron chi connectivity index (χ1n) is 9.30. The van der Waals surface area contributed by atoms with E-state index < -0.39 is 0 Å². The van der Waals surface area contributed by atoms with Gasteiger partial charge in [0.1, 0.15) is 0 Å². The Morgan fingerprint density at radius 3 is 0.864 bits per heavy atom. The Bertz CT molecular complexity index is 502. The van der Waals surface area contributed by atoms with Crippen molar-refractivity contribution < 1.29 is 0 Å². The molecular weight excluding hydrogens is 264 g/mol. The average Bonchev–Trinajstić information content (AvgIpc) is 2.50. The largest absolute Gasteiger partial charge is 0.0651 e. The smallest absolute Gasteiger partial charge is 0.0178 e. The predicted octanol–water partition coefficient (Wildman–Crippen LogP) is 6.65. The molecule has 0 saturated heterocycles. The number of hydrogen-bond donors (Lipinski definition) is 0. The summed E-state index contributed by atoms with van der Waals surface area (Å²) in [5, 5.41) is 2.90. The molecule has 0 saturated carbocycles. The van der Waals surface area contributed by atoms with Gasteiger partial charge in [-0.3, -0.25) is 0 Å². The Kier molecular flexibility index (Phi) is 6.49. The van der Waals surface area contributed by atoms with Crippen molar-refractivity contribution in [1.82, 2.24) is 0 Å². The third kappa shape index (κ3) is 3.91. The summed E-state index contributed by atoms with van der Waals surface area (Å²) in [7, 11) is 0. The van der Waals surface area contributed by atoms with E-state index in [4.69, 9.17) is 0 Å². The first kappa shape index (κ1) is 17.1. The summed E-state index contributed by atoms with van der Waals surface area (Å²) in [4.78, 5) is 0. The van der Waals surface area contributed by atoms with Crippen LogP contribution in [0.5, 0.6) is 0 Å². The van der Waals surface area contributed by atoms with Crippen molar-refractivity contribution in [3.63, 3.8) is 0 Å². The van der Waals surface area contributed by atoms with Crippen LogP contribution in [0.3, 0.4) is 0 Å². The van der Waals surface area contributed by atoms with Crippen molar-refractivity contribution in [2.45, 2.75) is 79.1 Å². The summed E-state index contributed by atoms with van der Waals surface area (Å²) in [5.41, 5.74) is 6.29. The minimum absolute atomic E-state index is 1.21. The van der Waals surface area contributed by atoms with Crippen molar-refractivity contribution >= 4 is 10.8 Å². The maximum atomic E-state index is 2.47. The number of rotatable bonds is 8. The van der Waals surface area contributed by atoms with Crippen LogP contribution in [0, 0.1) is 0 Å². The summed E-state index contributed by atoms with van der Waals surface area (Å²) in [5.74, 6) is 0. The highest BCUT2D eigenvalue weighted by atomic mass is 14.1. The maximum Gasteiger partial charge on any atom is -0.0178 e. The molecule has 2 rings (SSSR count). The molecule has 22 heavy (non-hydrogen) atoms. The van der Waals surface area contributed by atoms with Gasteiger partial charge in [-0.25, -0.2) is 0 Å². The molecule has 0 nitrogen and oxygen atoms in total. The zero-order chi connectivity index (χ0) is 15.9. The van der Waals surface area contributed by atoms with Crippen molar-refractivity contribution in [1.29, 1.82) is 0 Å². The predicted molar refractivity (Wildman–Crippen MR) is 99.9 cm³/mol. The third-order valence-electron chi connectivity index (χ3n) is 4.55. The van der Waals surface area contributed by atoms with Gasteiger partial charge in [0.25, 0.3) is 0 Å². The van der Waals surface area contributed by atoms with Gasteiger partial charge in [-0.1, -0.05) is 77.6 Å². The van der Waals surface area contributed by atoms with Crippen LogP contribution in [-0.2, 0) is 25.7 Å². The molecule has 0 amide bonds. The van der Waals surface area contributed by atoms with E-state index in [-0.39, 0.29) is 0 Å². The second-order valence-electron chi connectivity index (χ2n) is 6.59. The fourth-order valence-corrected chi connectivity index (χ4v) is 3.55. The normalized spacial score (nSPS) is 11.3. The fraction of sp³-hybridized carbons (Fsp3) is 0.545. The van der Waals surface area contributed by atoms with Crippen LogP contribution in [-0.4, -0.2) is 0 Å². The Balaban J connectivity index is 2.55. The van der Waals surface area contributed by atoms with E-state index in [1.54, 1.807) is 22.3 Å². The van der Waals surface area contributed by atoms with Gasteiger partial charge in [0.05, 0.1) is 0 Å². The van der Waals surface area contributed by atoms with Crippen LogP contribution in [0.25, 0.3) is 10.8 Å². The SMILES string of the molecule is CCCc1cc2cc(CCC)c(CCC)cc2cc1CCC. The number of hydrogen-bond acceptors (Lipinski definition) is 0. The molecule has 0 aromatic heterocycles. The summed E-state index contributed by atoms with van der Waals surface area (Å²) in [6, 6.07) is 9.88. The average molecular weight is 296 g/mol. The van der Waals surface area contributed by atoms with Crippen LogP contribution in [0.4, 0.5) is 0 Å². The van der Waals surface area contributed by atoms with Crippen LogP contribution < -0.4 is 0 Å². The van der Waals surface area contributed by atoms with Crippen molar-refractivity contribution in [2.24, 2.45) is 0 Å². The summed E-state index contributed by atoms with van der Waals surface area (Å²) in [6.07, 6.45) is 9.79. The molecule has 0 heteroatoms. The molecule has 0 aliphatic rings. The van der Waals surface area contributed by atoms with Gasteiger partial charge in [-0.05, 0) is 58.7 Å². The number of benzene rings is 2. The van der Waals surface area contributed by atoms with Crippen molar-refractivity contribution in [3.05, 3.63) is 46.5 Å². The lowest BCUT2D eigenvalue weighted by atomic mass is 9.91. The second kappa shape index (κ2) is 8.36. The third-order valence-corrected chi connectivity index (χ3v) is 4.55. The van der Waals surface area contributed by atoms with Crippen LogP contribution in [0.15, 0.2) is 24.3 Å². The highest BCUT2D eigenvalue weighted by Crippen LogP contribution is 2.27. The molecule has 0 aliphatic heterocycles. The van der Waals surface area contributed by atoms with E-state index >= 15 is 0 Å². The van der Waals surface area contributed by atoms with Gasteiger partial charge in [-0.2, -0.15) is 0 Å². The van der Waals surface area contributed by atoms with E-state index in [9.17, 15) is 0 Å². The van der Waals surface area contributed by atoms with E-state index in [0.717, 1.165) is 0 Å². The van der Waals surface area contributed by atoms with Gasteiger partial charge >= 0.3 is 0 Å². The molecular formula is C22H32. The number of fused-ring (bicyclic) bond motifs is 1. The zero-order valence-electron chi connectivity index (χ0n) is 15.0. The topological polar surface area (TPSA) is 0 Å². The number of aryl methyl sites for hydroxylation is 4. The summed E-state index contributed by atoms with van der Waals surface area (Å²) < 4.78 is 0. The molecule has 2 aromatic rings. The highest BCUT2D eigenvalue weighted by molar-refractivity contribution is 5.86. The monoisotopic (exact) mass is 296 g/mol. The Hall–Kier alpha value is -1.30. The highest BCUT2D eigenvalue weighted by Gasteiger charge is 2.08. The van der Waals surface area contributed by atoms with Gasteiger partial charge in [0, 0.05) is 0 Å². The second-order valence-corrected chi connectivity index (χ2v) is 6.59. The summed E-state index contributed by atoms with van der Waals surface area (Å²) >= 11 is 0. The minimum atomic E-state index is 1.21. The molecule has 0 atom stereocenters. The lowest BCUT2D eigenvalue weighted by Gasteiger charge is -2.14. The first-order chi connectivity index (χ1) is 10.7. The first-order valence-corrected chi connectivity index (χ1v) is 9.30. The van der Waals surface area contributed by atoms with E-state index in [2.05, 4.69) is 52.0 Å². The lowest BCUT2D eigenvalue weighted by molar-refractivity contribution is 0.859. The quantitative estimate of drug-likeness (QED) is 0.511.